The maximum absolute atomic E-state index is 5.83. The highest BCUT2D eigenvalue weighted by Crippen LogP contribution is 2.20. The molecule has 0 N–H and O–H groups in total. The molecule has 0 unspecified atom stereocenters. The molecule has 0 aromatic carbocycles. The Balaban J connectivity index is 4.42. The van der Waals surface area contributed by atoms with E-state index >= 15 is 0 Å². The van der Waals surface area contributed by atoms with E-state index in [0.717, 1.165) is 12.5 Å². The minimum atomic E-state index is -2.40. The summed E-state index contributed by atoms with van der Waals surface area (Å²) in [5.74, 6) is 0. The van der Waals surface area contributed by atoms with Crippen molar-refractivity contribution in [2.45, 2.75) is 59.3 Å². The third-order valence-corrected chi connectivity index (χ3v) is 5.09. The van der Waals surface area contributed by atoms with Crippen molar-refractivity contribution < 1.29 is 13.3 Å². The first kappa shape index (κ1) is 14.1. The monoisotopic (exact) mass is 220 g/mol. The Morgan fingerprint density at radius 2 is 1.43 bits per heavy atom. The van der Waals surface area contributed by atoms with E-state index in [1.807, 2.05) is 27.7 Å². The van der Waals surface area contributed by atoms with Crippen LogP contribution in [0.25, 0.3) is 0 Å². The molecule has 3 nitrogen and oxygen atoms in total. The second-order valence-corrected chi connectivity index (χ2v) is 6.72. The lowest BCUT2D eigenvalue weighted by Gasteiger charge is -2.31. The van der Waals surface area contributed by atoms with Crippen LogP contribution in [0.4, 0.5) is 0 Å². The maximum atomic E-state index is 5.83. The van der Waals surface area contributed by atoms with Gasteiger partial charge in [-0.25, -0.2) is 0 Å². The molecule has 0 aliphatic heterocycles. The summed E-state index contributed by atoms with van der Waals surface area (Å²) >= 11 is 0. The van der Waals surface area contributed by atoms with E-state index in [-0.39, 0.29) is 12.2 Å². The van der Waals surface area contributed by atoms with E-state index in [4.69, 9.17) is 13.3 Å². The largest absolute Gasteiger partial charge is 0.501 e. The first-order valence-corrected chi connectivity index (χ1v) is 7.29. The van der Waals surface area contributed by atoms with E-state index in [1.54, 1.807) is 7.11 Å². The molecule has 0 bridgehead atoms. The highest BCUT2D eigenvalue weighted by Gasteiger charge is 2.40. The molecule has 0 atom stereocenters. The predicted molar refractivity (Wildman–Crippen MR) is 60.3 cm³/mol. The van der Waals surface area contributed by atoms with E-state index < -0.39 is 8.80 Å². The molecule has 86 valence electrons. The van der Waals surface area contributed by atoms with Gasteiger partial charge in [0.25, 0.3) is 0 Å². The van der Waals surface area contributed by atoms with Gasteiger partial charge in [0.1, 0.15) is 0 Å². The normalized spacial score (nSPS) is 12.9. The van der Waals surface area contributed by atoms with Crippen molar-refractivity contribution in [2.75, 3.05) is 7.11 Å². The lowest BCUT2D eigenvalue weighted by molar-refractivity contribution is 0.0327. The Morgan fingerprint density at radius 3 is 1.64 bits per heavy atom. The summed E-state index contributed by atoms with van der Waals surface area (Å²) in [6.07, 6.45) is 1.35. The highest BCUT2D eigenvalue weighted by atomic mass is 28.4. The smallest absolute Gasteiger partial charge is 0.377 e. The van der Waals surface area contributed by atoms with Crippen molar-refractivity contribution in [2.24, 2.45) is 0 Å². The summed E-state index contributed by atoms with van der Waals surface area (Å²) < 4.78 is 17.2. The van der Waals surface area contributed by atoms with E-state index in [2.05, 4.69) is 6.92 Å². The van der Waals surface area contributed by atoms with Gasteiger partial charge in [0.2, 0.25) is 0 Å². The fraction of sp³-hybridized carbons (Fsp3) is 1.00. The van der Waals surface area contributed by atoms with Crippen LogP contribution >= 0.6 is 0 Å². The van der Waals surface area contributed by atoms with Crippen LogP contribution in [0, 0.1) is 0 Å². The standard InChI is InChI=1S/C10H24O3Si/c1-7-8-14(11-6,12-9(2)3)13-10(4)5/h9-10H,7-8H2,1-6H3. The van der Waals surface area contributed by atoms with Crippen LogP contribution in [0.15, 0.2) is 0 Å². The van der Waals surface area contributed by atoms with Crippen LogP contribution in [0.1, 0.15) is 41.0 Å². The third-order valence-electron chi connectivity index (χ3n) is 1.70. The Bertz CT molecular complexity index is 138. The first-order chi connectivity index (χ1) is 6.45. The van der Waals surface area contributed by atoms with Crippen LogP contribution in [0.2, 0.25) is 6.04 Å². The van der Waals surface area contributed by atoms with E-state index in [9.17, 15) is 0 Å². The number of rotatable bonds is 7. The SMILES string of the molecule is CCC[Si](OC)(OC(C)C)OC(C)C. The Hall–Kier alpha value is 0.0969. The van der Waals surface area contributed by atoms with Gasteiger partial charge in [-0.05, 0) is 27.7 Å². The molecule has 0 spiro atoms. The molecule has 0 amide bonds. The summed E-state index contributed by atoms with van der Waals surface area (Å²) in [5.41, 5.74) is 0. The van der Waals surface area contributed by atoms with Gasteiger partial charge < -0.3 is 13.3 Å². The number of hydrogen-bond acceptors (Lipinski definition) is 3. The van der Waals surface area contributed by atoms with Crippen molar-refractivity contribution in [3.8, 4) is 0 Å². The zero-order valence-electron chi connectivity index (χ0n) is 10.3. The fourth-order valence-corrected chi connectivity index (χ4v) is 4.11. The van der Waals surface area contributed by atoms with Crippen LogP contribution < -0.4 is 0 Å². The van der Waals surface area contributed by atoms with Crippen LogP contribution in [-0.4, -0.2) is 28.1 Å². The van der Waals surface area contributed by atoms with Crippen LogP contribution in [0.3, 0.4) is 0 Å². The van der Waals surface area contributed by atoms with Gasteiger partial charge in [0, 0.05) is 25.4 Å². The predicted octanol–water partition coefficient (Wildman–Crippen LogP) is 2.83. The summed E-state index contributed by atoms with van der Waals surface area (Å²) in [7, 11) is -0.708. The van der Waals surface area contributed by atoms with Crippen molar-refractivity contribution in [3.63, 3.8) is 0 Å². The topological polar surface area (TPSA) is 27.7 Å². The first-order valence-electron chi connectivity index (χ1n) is 5.36. The average Bonchev–Trinajstić information content (AvgIpc) is 2.02. The van der Waals surface area contributed by atoms with Crippen molar-refractivity contribution in [1.82, 2.24) is 0 Å². The Kier molecular flexibility index (Phi) is 6.60. The van der Waals surface area contributed by atoms with Gasteiger partial charge in [-0.3, -0.25) is 0 Å². The van der Waals surface area contributed by atoms with Crippen molar-refractivity contribution in [3.05, 3.63) is 0 Å². The van der Waals surface area contributed by atoms with Crippen molar-refractivity contribution in [1.29, 1.82) is 0 Å². The molecule has 0 aliphatic rings. The summed E-state index contributed by atoms with van der Waals surface area (Å²) in [5, 5.41) is 0. The summed E-state index contributed by atoms with van der Waals surface area (Å²) in [6, 6.07) is 0.889. The Labute approximate surface area is 89.1 Å². The second-order valence-electron chi connectivity index (χ2n) is 3.97. The van der Waals surface area contributed by atoms with Gasteiger partial charge in [0.15, 0.2) is 0 Å². The lowest BCUT2D eigenvalue weighted by Crippen LogP contribution is -2.48. The van der Waals surface area contributed by atoms with Crippen molar-refractivity contribution >= 4 is 8.80 Å². The molecule has 0 radical (unpaired) electrons. The summed E-state index contributed by atoms with van der Waals surface area (Å²) in [6.45, 7) is 10.2. The van der Waals surface area contributed by atoms with E-state index in [1.165, 1.54) is 0 Å². The highest BCUT2D eigenvalue weighted by molar-refractivity contribution is 6.60. The van der Waals surface area contributed by atoms with Gasteiger partial charge >= 0.3 is 8.80 Å². The van der Waals surface area contributed by atoms with Gasteiger partial charge in [-0.2, -0.15) is 0 Å². The quantitative estimate of drug-likeness (QED) is 0.617. The molecule has 0 saturated carbocycles. The zero-order chi connectivity index (χ0) is 11.2. The molecule has 0 fully saturated rings. The molecular weight excluding hydrogens is 196 g/mol. The molecule has 0 saturated heterocycles. The van der Waals surface area contributed by atoms with Gasteiger partial charge in [-0.1, -0.05) is 13.3 Å². The third kappa shape index (κ3) is 5.10. The van der Waals surface area contributed by atoms with Gasteiger partial charge in [-0.15, -0.1) is 0 Å². The molecular formula is C10H24O3Si. The van der Waals surface area contributed by atoms with Crippen LogP contribution in [-0.2, 0) is 13.3 Å². The lowest BCUT2D eigenvalue weighted by atomic mass is 10.5. The van der Waals surface area contributed by atoms with Crippen LogP contribution in [0.5, 0.6) is 0 Å². The number of hydrogen-bond donors (Lipinski definition) is 0. The minimum absolute atomic E-state index is 0.159. The zero-order valence-corrected chi connectivity index (χ0v) is 11.3. The molecule has 0 aromatic rings. The van der Waals surface area contributed by atoms with Gasteiger partial charge in [0.05, 0.1) is 0 Å². The second kappa shape index (κ2) is 6.56. The minimum Gasteiger partial charge on any atom is -0.377 e. The molecule has 0 aliphatic carbocycles. The summed E-state index contributed by atoms with van der Waals surface area (Å²) in [4.78, 5) is 0. The average molecular weight is 220 g/mol. The van der Waals surface area contributed by atoms with E-state index in [0.29, 0.717) is 0 Å². The molecule has 0 rings (SSSR count). The molecule has 0 aromatic heterocycles. The molecule has 14 heavy (non-hydrogen) atoms. The fourth-order valence-electron chi connectivity index (χ4n) is 1.37. The molecule has 4 heteroatoms. The molecule has 0 heterocycles. The maximum Gasteiger partial charge on any atom is 0.501 e. The Morgan fingerprint density at radius 1 is 1.00 bits per heavy atom.